The molecule has 41 heteroatoms. The Hall–Kier alpha value is -13.7. The molecular weight excluding hydrogens is 1950 g/mol. The van der Waals surface area contributed by atoms with Crippen molar-refractivity contribution in [2.45, 2.75) is 156 Å². The number of esters is 5. The lowest BCUT2D eigenvalue weighted by Gasteiger charge is -2.28. The van der Waals surface area contributed by atoms with Gasteiger partial charge in [-0.2, -0.15) is 5.43 Å². The quantitative estimate of drug-likeness (QED) is 0.00463. The molecule has 0 saturated carbocycles. The number of H-pyrrole nitrogens is 2. The van der Waals surface area contributed by atoms with Crippen LogP contribution in [0.1, 0.15) is 144 Å². The van der Waals surface area contributed by atoms with E-state index in [0.717, 1.165) is 79.6 Å². The number of cyclic esters (lactones) is 2. The molecule has 1 fully saturated rings. The number of carbonyl (C=O) groups excluding carboxylic acids is 11. The first-order valence-corrected chi connectivity index (χ1v) is 47.9. The number of anilines is 6. The second kappa shape index (κ2) is 65.3. The van der Waals surface area contributed by atoms with E-state index in [4.69, 9.17) is 38.8 Å². The highest BCUT2D eigenvalue weighted by atomic mass is 36.0. The smallest absolute Gasteiger partial charge is 0.342 e. The van der Waals surface area contributed by atoms with Crippen LogP contribution < -0.4 is 60.4 Å². The molecule has 2 aromatic heterocycles. The monoisotopic (exact) mass is 2060 g/mol. The van der Waals surface area contributed by atoms with E-state index in [9.17, 15) is 76.8 Å². The fourth-order valence-corrected chi connectivity index (χ4v) is 11.8. The lowest BCUT2D eigenvalue weighted by molar-refractivity contribution is -0.155. The summed E-state index contributed by atoms with van der Waals surface area (Å²) in [4.78, 5) is 161. The first-order chi connectivity index (χ1) is 65.5. The third-order valence-corrected chi connectivity index (χ3v) is 19.1. The number of nitrogen functional groups attached to an aromatic ring is 1. The number of aromatic hydroxyl groups is 1. The predicted molar refractivity (Wildman–Crippen MR) is 555 cm³/mol. The van der Waals surface area contributed by atoms with Crippen LogP contribution in [0.5, 0.6) is 5.75 Å². The number of rotatable bonds is 17. The Morgan fingerprint density at radius 2 is 0.801 bits per heavy atom. The summed E-state index contributed by atoms with van der Waals surface area (Å²) in [6, 6.07) is 56.8. The highest BCUT2D eigenvalue weighted by Gasteiger charge is 2.36. The Labute approximate surface area is 841 Å². The van der Waals surface area contributed by atoms with Gasteiger partial charge in [0.2, 0.25) is 23.6 Å². The summed E-state index contributed by atoms with van der Waals surface area (Å²) in [7, 11) is 0. The van der Waals surface area contributed by atoms with Gasteiger partial charge >= 0.3 is 41.0 Å². The van der Waals surface area contributed by atoms with E-state index in [0.29, 0.717) is 71.5 Å². The number of carbonyl (C=O) groups is 12. The zero-order chi connectivity index (χ0) is 104. The normalized spacial score (nSPS) is 12.5. The molecule has 6 heterocycles. The molecule has 8 aromatic carbocycles. The van der Waals surface area contributed by atoms with Crippen molar-refractivity contribution in [2.75, 3.05) is 65.4 Å². The van der Waals surface area contributed by atoms with Crippen molar-refractivity contribution in [1.29, 1.82) is 0 Å². The maximum Gasteiger partial charge on any atom is 0.342 e. The second-order valence-corrected chi connectivity index (χ2v) is 37.8. The molecule has 4 aliphatic rings. The third-order valence-electron chi connectivity index (χ3n) is 18.6. The molecule has 0 radical (unpaired) electrons. The van der Waals surface area contributed by atoms with Crippen LogP contribution in [-0.2, 0) is 85.8 Å². The Balaban J connectivity index is 0.000000790. The van der Waals surface area contributed by atoms with Crippen LogP contribution in [0.2, 0.25) is 5.15 Å². The van der Waals surface area contributed by atoms with Gasteiger partial charge in [-0.15, -0.1) is 0 Å². The zero-order valence-electron chi connectivity index (χ0n) is 79.9. The summed E-state index contributed by atoms with van der Waals surface area (Å²) in [6.07, 6.45) is 2.61. The number of aryl methyl sites for hydroxylation is 8. The first-order valence-electron chi connectivity index (χ1n) is 42.8. The highest BCUT2D eigenvalue weighted by Crippen LogP contribution is 2.61. The van der Waals surface area contributed by atoms with E-state index in [2.05, 4.69) is 106 Å². The van der Waals surface area contributed by atoms with Crippen LogP contribution in [0, 0.1) is 55.4 Å². The lowest BCUT2D eigenvalue weighted by Crippen LogP contribution is -2.51. The number of nitrogens with zero attached hydrogens (tertiary/aromatic N) is 1. The van der Waals surface area contributed by atoms with Crippen LogP contribution in [0.25, 0.3) is 26.8 Å². The minimum Gasteiger partial charge on any atom is -0.507 e. The van der Waals surface area contributed by atoms with Crippen LogP contribution in [0.15, 0.2) is 226 Å². The molecule has 0 spiro atoms. The van der Waals surface area contributed by atoms with Crippen LogP contribution in [0.4, 0.5) is 34.1 Å². The molecule has 1 unspecified atom stereocenters. The van der Waals surface area contributed by atoms with E-state index in [1.165, 1.54) is 30.5 Å². The Morgan fingerprint density at radius 3 is 1.16 bits per heavy atom. The average molecular weight is 2070 g/mol. The van der Waals surface area contributed by atoms with Gasteiger partial charge in [0.25, 0.3) is 17.4 Å². The van der Waals surface area contributed by atoms with E-state index >= 15 is 0 Å². The fraction of sp³-hybridized carbons (Fsp3) is 0.280. The number of imide groups is 1. The number of amides is 6. The molecule has 10 aromatic rings. The third kappa shape index (κ3) is 50.1. The molecule has 14 rings (SSSR count). The fourth-order valence-electron chi connectivity index (χ4n) is 11.3. The molecular formula is C100H122Cl5N12O23P. The van der Waals surface area contributed by atoms with E-state index in [1.54, 1.807) is 84.9 Å². The van der Waals surface area contributed by atoms with Crippen molar-refractivity contribution >= 4 is 194 Å². The predicted octanol–water partition coefficient (Wildman–Crippen LogP) is 17.9. The number of halogens is 5. The number of aliphatic carboxylic acids is 1. The summed E-state index contributed by atoms with van der Waals surface area (Å²) in [6.45, 7) is 30.1. The van der Waals surface area contributed by atoms with Gasteiger partial charge in [0.05, 0.1) is 30.9 Å². The van der Waals surface area contributed by atoms with Gasteiger partial charge in [0, 0.05) is 103 Å². The van der Waals surface area contributed by atoms with Crippen LogP contribution >= 0.6 is 62.1 Å². The molecule has 141 heavy (non-hydrogen) atoms. The Bertz CT molecular complexity index is 5990. The van der Waals surface area contributed by atoms with Crippen LogP contribution in [-0.4, -0.2) is 141 Å². The highest BCUT2D eigenvalue weighted by molar-refractivity contribution is 8.24. The number of nitrogens with one attached hydrogen (secondary N) is 8. The number of benzene rings is 8. The molecule has 35 nitrogen and oxygen atoms in total. The number of aromatic amines is 2. The standard InChI is InChI=1S/C17H18N2O2.C16H16ClN3O2.C12H15NO3.C10H8ClNO.C10H11NO3.C10H9NO2.C7H9N.C7H12O4.C6H6O3.C4H8O.CH4.Cl3OP.H4N2.H2O/c1-12-3-7-14(8-4-12)18-16(20)11-17(21)19-15-9-5-13(2)6-10-15;1-8-4-5-13-11(6-8)12(17)7-14(18-13)19-20-15(21)9(2)10(3)16(20)22;1-3-16-12(15)8-11(14)13-10-6-4-9(2)5-7-10;1-6-2-3-8-7(4-6)9(13)5-10(11)12-8;1-7-2-4-8(5-3-7)11-9(12)6-10(13)14;1-6-2-3-8-7(4-6)9(12)5-10(13)11-8;1-6-2-4-7(8)5-3-6;1-3-10-6(8)5-7(9)11-4-2;1-3-4(2)6(8)9-5(3)7;1-2-4-5-3-1;;1-5(2,3)4;1-2;/h3-10H,11H2,1-2H3,(H,18,20)(H,19,21);4-7,14,18-19H,1-3H3;4-7H,3,8H2,1-2H3,(H,13,14);2-5H,1H3,(H,12,13);2-5H,6H2,1H3,(H,11,12)(H,13,14);2-5H,1H3,(H2,11,12,13);2-5H,8H2,1H3;3-5H2,1-2H3;1-2H3;1-4H2;1H4;;1-2H2;1H2. The number of aromatic nitrogens is 2. The summed E-state index contributed by atoms with van der Waals surface area (Å²) in [5.41, 5.74) is 25.4. The number of carboxylic acid groups (broad SMARTS) is 1. The van der Waals surface area contributed by atoms with Gasteiger partial charge in [-0.1, -0.05) is 154 Å². The summed E-state index contributed by atoms with van der Waals surface area (Å²) in [5.74, 6) is 2.10. The van der Waals surface area contributed by atoms with Crippen LogP contribution in [0.3, 0.4) is 0 Å². The van der Waals surface area contributed by atoms with Crippen molar-refractivity contribution in [3.63, 3.8) is 0 Å². The van der Waals surface area contributed by atoms with Gasteiger partial charge in [-0.3, -0.25) is 73.8 Å². The maximum absolute atomic E-state index is 12.1. The first kappa shape index (κ1) is 125. The number of hydrogen-bond acceptors (Lipinski definition) is 26. The van der Waals surface area contributed by atoms with E-state index < -0.39 is 59.5 Å². The van der Waals surface area contributed by atoms with Gasteiger partial charge in [0.1, 0.15) is 42.8 Å². The summed E-state index contributed by atoms with van der Waals surface area (Å²) >= 11 is 25.9. The Morgan fingerprint density at radius 1 is 0.461 bits per heavy atom. The van der Waals surface area contributed by atoms with Gasteiger partial charge in [-0.05, 0) is 254 Å². The molecule has 6 amide bonds. The summed E-state index contributed by atoms with van der Waals surface area (Å²) in [5, 5.41) is 31.6. The average Bonchev–Trinajstić information content (AvgIpc) is 1.74. The number of pyridine rings is 2. The number of fused-ring (bicyclic) bond motifs is 3. The minimum absolute atomic E-state index is 0. The number of nitrogens with two attached hydrogens (primary N) is 3. The van der Waals surface area contributed by atoms with Crippen molar-refractivity contribution in [3.8, 4) is 5.75 Å². The molecule has 0 bridgehead atoms. The lowest BCUT2D eigenvalue weighted by atomic mass is 10.1. The number of carboxylic acids is 1. The SMILES string of the molecule is C.C1CCOC1.CC1=C(C)C(=O)N(NC2C=C(Cl)c3cc(C)ccc3N2)C1=O.CC1=C(C)C(=O)OC1=O.CCOC(=O)CC(=O)Nc1ccc(C)cc1.CCOC(=O)CC(=O)OCC.Cc1ccc(N)cc1.Cc1ccc(NC(=O)CC(=O)Nc2ccc(C)cc2)cc1.Cc1ccc(NC(=O)CC(=O)O)cc1.Cc1ccc2[nH]c(=O)cc(O)c2c1.Cc1ccc2[nH]c(Cl)cc(=O)c2c1.NN.O.O=P(Cl)(Cl)Cl. The maximum atomic E-state index is 12.1. The van der Waals surface area contributed by atoms with Crippen molar-refractivity contribution in [1.82, 2.24) is 20.4 Å². The van der Waals surface area contributed by atoms with Crippen molar-refractivity contribution in [2.24, 2.45) is 11.7 Å². The van der Waals surface area contributed by atoms with Crippen molar-refractivity contribution in [3.05, 3.63) is 292 Å². The summed E-state index contributed by atoms with van der Waals surface area (Å²) < 4.78 is 32.4. The van der Waals surface area contributed by atoms with Gasteiger partial charge in [0.15, 0.2) is 5.43 Å². The number of ether oxygens (including phenoxy) is 5. The van der Waals surface area contributed by atoms with Gasteiger partial charge < -0.3 is 81.7 Å². The number of hydrazine groups is 2. The second-order valence-electron chi connectivity index (χ2n) is 30.3. The van der Waals surface area contributed by atoms with Crippen molar-refractivity contribution < 1.29 is 101 Å². The molecule has 1 atom stereocenters. The van der Waals surface area contributed by atoms with Gasteiger partial charge in [-0.25, -0.2) is 14.6 Å². The Kier molecular flexibility index (Phi) is 58.0. The molecule has 760 valence electrons. The molecule has 0 aliphatic carbocycles. The largest absolute Gasteiger partial charge is 0.507 e. The minimum atomic E-state index is -3.22. The molecule has 18 N–H and O–H groups in total. The topological polar surface area (TPSA) is 559 Å². The van der Waals surface area contributed by atoms with E-state index in [1.807, 2.05) is 201 Å². The molecule has 4 aliphatic heterocycles. The van der Waals surface area contributed by atoms with E-state index in [-0.39, 0.29) is 98.3 Å². The number of hydrogen-bond donors (Lipinski definition) is 13. The molecule has 1 saturated heterocycles. The zero-order valence-corrected chi connectivity index (χ0v) is 84.6.